The highest BCUT2D eigenvalue weighted by Gasteiger charge is 2.22. The van der Waals surface area contributed by atoms with Crippen LogP contribution < -0.4 is 10.6 Å². The van der Waals surface area contributed by atoms with Crippen LogP contribution in [0.3, 0.4) is 0 Å². The molecule has 0 radical (unpaired) electrons. The number of likely N-dealkylation sites (tertiary alicyclic amines) is 1. The molecule has 1 saturated heterocycles. The number of carbonyl (C=O) groups excluding carboxylic acids is 1. The molecule has 1 heterocycles. The van der Waals surface area contributed by atoms with Crippen LogP contribution in [0.1, 0.15) is 39.5 Å². The fourth-order valence-electron chi connectivity index (χ4n) is 2.70. The Hall–Kier alpha value is -0.610. The van der Waals surface area contributed by atoms with Crippen LogP contribution in [-0.2, 0) is 4.79 Å². The third kappa shape index (κ3) is 5.36. The molecule has 0 spiro atoms. The molecule has 1 aliphatic rings. The zero-order chi connectivity index (χ0) is 13.4. The van der Waals surface area contributed by atoms with Crippen molar-refractivity contribution in [2.24, 2.45) is 5.92 Å². The smallest absolute Gasteiger partial charge is 0.221 e. The average Bonchev–Trinajstić information content (AvgIpc) is 2.39. The van der Waals surface area contributed by atoms with Crippen molar-refractivity contribution in [2.75, 3.05) is 33.2 Å². The number of piperidine rings is 1. The molecule has 1 amide bonds. The summed E-state index contributed by atoms with van der Waals surface area (Å²) < 4.78 is 0. The second kappa shape index (κ2) is 8.48. The van der Waals surface area contributed by atoms with Crippen LogP contribution in [0.15, 0.2) is 0 Å². The molecule has 1 rings (SSSR count). The van der Waals surface area contributed by atoms with Crippen LogP contribution in [0.2, 0.25) is 0 Å². The van der Waals surface area contributed by atoms with Gasteiger partial charge in [-0.15, -0.1) is 0 Å². The van der Waals surface area contributed by atoms with Crippen LogP contribution in [0, 0.1) is 5.92 Å². The minimum absolute atomic E-state index is 0.118. The van der Waals surface area contributed by atoms with Gasteiger partial charge in [0.15, 0.2) is 0 Å². The van der Waals surface area contributed by atoms with Crippen LogP contribution in [-0.4, -0.2) is 50.1 Å². The molecule has 1 aliphatic heterocycles. The lowest BCUT2D eigenvalue weighted by Gasteiger charge is -2.35. The lowest BCUT2D eigenvalue weighted by Crippen LogP contribution is -2.42. The lowest BCUT2D eigenvalue weighted by atomic mass is 9.90. The fourth-order valence-corrected chi connectivity index (χ4v) is 2.70. The Morgan fingerprint density at radius 2 is 2.06 bits per heavy atom. The van der Waals surface area contributed by atoms with Gasteiger partial charge in [-0.2, -0.15) is 0 Å². The summed E-state index contributed by atoms with van der Waals surface area (Å²) in [6, 6.07) is 0.526. The van der Waals surface area contributed by atoms with E-state index in [0.29, 0.717) is 12.5 Å². The second-order valence-corrected chi connectivity index (χ2v) is 5.35. The van der Waals surface area contributed by atoms with Gasteiger partial charge in [0, 0.05) is 26.1 Å². The summed E-state index contributed by atoms with van der Waals surface area (Å²) in [6.45, 7) is 9.00. The average molecular weight is 255 g/mol. The molecular weight excluding hydrogens is 226 g/mol. The molecule has 0 aliphatic carbocycles. The van der Waals surface area contributed by atoms with E-state index < -0.39 is 0 Å². The van der Waals surface area contributed by atoms with E-state index in [9.17, 15) is 4.79 Å². The molecule has 4 nitrogen and oxygen atoms in total. The Morgan fingerprint density at radius 3 is 2.61 bits per heavy atom. The molecule has 106 valence electrons. The summed E-state index contributed by atoms with van der Waals surface area (Å²) in [6.07, 6.45) is 4.41. The van der Waals surface area contributed by atoms with E-state index in [1.165, 1.54) is 38.9 Å². The molecule has 0 aromatic rings. The third-order valence-corrected chi connectivity index (χ3v) is 3.98. The van der Waals surface area contributed by atoms with Gasteiger partial charge >= 0.3 is 0 Å². The van der Waals surface area contributed by atoms with Gasteiger partial charge in [-0.3, -0.25) is 4.79 Å². The van der Waals surface area contributed by atoms with Crippen LogP contribution >= 0.6 is 0 Å². The quantitative estimate of drug-likeness (QED) is 0.719. The minimum atomic E-state index is 0.118. The Balaban J connectivity index is 2.15. The third-order valence-electron chi connectivity index (χ3n) is 3.98. The first-order valence-corrected chi connectivity index (χ1v) is 7.33. The molecule has 0 saturated carbocycles. The van der Waals surface area contributed by atoms with Gasteiger partial charge in [0.2, 0.25) is 5.91 Å². The second-order valence-electron chi connectivity index (χ2n) is 5.35. The fraction of sp³-hybridized carbons (Fsp3) is 0.929. The Labute approximate surface area is 111 Å². The molecule has 4 heteroatoms. The van der Waals surface area contributed by atoms with Gasteiger partial charge in [0.05, 0.1) is 0 Å². The van der Waals surface area contributed by atoms with Crippen LogP contribution in [0.4, 0.5) is 0 Å². The molecule has 0 aromatic heterocycles. The number of nitrogens with one attached hydrogen (secondary N) is 2. The van der Waals surface area contributed by atoms with E-state index in [4.69, 9.17) is 0 Å². The van der Waals surface area contributed by atoms with Crippen molar-refractivity contribution in [1.29, 1.82) is 0 Å². The summed E-state index contributed by atoms with van der Waals surface area (Å²) in [5, 5.41) is 6.14. The van der Waals surface area contributed by atoms with E-state index in [1.807, 2.05) is 0 Å². The van der Waals surface area contributed by atoms with Crippen molar-refractivity contribution in [2.45, 2.75) is 45.6 Å². The Kier molecular flexibility index (Phi) is 7.28. The molecule has 1 atom stereocenters. The zero-order valence-corrected chi connectivity index (χ0v) is 12.2. The number of rotatable bonds is 7. The van der Waals surface area contributed by atoms with E-state index >= 15 is 0 Å². The van der Waals surface area contributed by atoms with Crippen molar-refractivity contribution in [3.63, 3.8) is 0 Å². The standard InChI is InChI=1S/C14H29N3O/c1-4-9-17-10-6-13(7-11-17)12(2)16-8-5-14(18)15-3/h12-13,16H,4-11H2,1-3H3,(H,15,18). The van der Waals surface area contributed by atoms with E-state index in [-0.39, 0.29) is 5.91 Å². The number of amides is 1. The summed E-state index contributed by atoms with van der Waals surface area (Å²) in [7, 11) is 1.69. The number of hydrogen-bond acceptors (Lipinski definition) is 3. The Bertz CT molecular complexity index is 237. The minimum Gasteiger partial charge on any atom is -0.359 e. The predicted octanol–water partition coefficient (Wildman–Crippen LogP) is 1.22. The van der Waals surface area contributed by atoms with Crippen molar-refractivity contribution in [1.82, 2.24) is 15.5 Å². The molecular formula is C14H29N3O. The normalized spacial score (nSPS) is 19.7. The van der Waals surface area contributed by atoms with Crippen molar-refractivity contribution in [3.05, 3.63) is 0 Å². The molecule has 18 heavy (non-hydrogen) atoms. The molecule has 1 fully saturated rings. The molecule has 0 aromatic carbocycles. The molecule has 1 unspecified atom stereocenters. The van der Waals surface area contributed by atoms with E-state index in [2.05, 4.69) is 29.4 Å². The zero-order valence-electron chi connectivity index (χ0n) is 12.2. The van der Waals surface area contributed by atoms with Gasteiger partial charge < -0.3 is 15.5 Å². The highest BCUT2D eigenvalue weighted by Crippen LogP contribution is 2.20. The Morgan fingerprint density at radius 1 is 1.39 bits per heavy atom. The highest BCUT2D eigenvalue weighted by atomic mass is 16.1. The van der Waals surface area contributed by atoms with Crippen molar-refractivity contribution >= 4 is 5.91 Å². The lowest BCUT2D eigenvalue weighted by molar-refractivity contribution is -0.120. The number of carbonyl (C=O) groups is 1. The number of nitrogens with zero attached hydrogens (tertiary/aromatic N) is 1. The van der Waals surface area contributed by atoms with Gasteiger partial charge in [-0.1, -0.05) is 6.92 Å². The van der Waals surface area contributed by atoms with Gasteiger partial charge in [0.1, 0.15) is 0 Å². The van der Waals surface area contributed by atoms with Crippen molar-refractivity contribution in [3.8, 4) is 0 Å². The highest BCUT2D eigenvalue weighted by molar-refractivity contribution is 5.75. The number of hydrogen-bond donors (Lipinski definition) is 2. The van der Waals surface area contributed by atoms with Crippen LogP contribution in [0.25, 0.3) is 0 Å². The SMILES string of the molecule is CCCN1CCC(C(C)NCCC(=O)NC)CC1. The first-order valence-electron chi connectivity index (χ1n) is 7.33. The molecule has 2 N–H and O–H groups in total. The van der Waals surface area contributed by atoms with Gasteiger partial charge in [0.25, 0.3) is 0 Å². The largest absolute Gasteiger partial charge is 0.359 e. The maximum absolute atomic E-state index is 11.1. The summed E-state index contributed by atoms with van der Waals surface area (Å²) in [4.78, 5) is 13.7. The van der Waals surface area contributed by atoms with Crippen molar-refractivity contribution < 1.29 is 4.79 Å². The van der Waals surface area contributed by atoms with Gasteiger partial charge in [-0.25, -0.2) is 0 Å². The maximum Gasteiger partial charge on any atom is 0.221 e. The predicted molar refractivity (Wildman–Crippen MR) is 75.6 cm³/mol. The summed E-state index contributed by atoms with van der Waals surface area (Å²) >= 11 is 0. The van der Waals surface area contributed by atoms with Gasteiger partial charge in [-0.05, 0) is 51.7 Å². The first-order chi connectivity index (χ1) is 8.67. The van der Waals surface area contributed by atoms with E-state index in [1.54, 1.807) is 7.05 Å². The van der Waals surface area contributed by atoms with E-state index in [0.717, 1.165) is 12.5 Å². The monoisotopic (exact) mass is 255 g/mol. The summed E-state index contributed by atoms with van der Waals surface area (Å²) in [5.41, 5.74) is 0. The maximum atomic E-state index is 11.1. The molecule has 0 bridgehead atoms. The first kappa shape index (κ1) is 15.4. The van der Waals surface area contributed by atoms with Crippen LogP contribution in [0.5, 0.6) is 0 Å². The topological polar surface area (TPSA) is 44.4 Å². The summed E-state index contributed by atoms with van der Waals surface area (Å²) in [5.74, 6) is 0.884.